The summed E-state index contributed by atoms with van der Waals surface area (Å²) in [4.78, 5) is 16.8. The summed E-state index contributed by atoms with van der Waals surface area (Å²) >= 11 is 0. The molecule has 2 aromatic heterocycles. The Labute approximate surface area is 142 Å². The van der Waals surface area contributed by atoms with Crippen molar-refractivity contribution >= 4 is 22.5 Å². The van der Waals surface area contributed by atoms with Gasteiger partial charge >= 0.3 is 0 Å². The van der Waals surface area contributed by atoms with E-state index in [1.54, 1.807) is 0 Å². The molecule has 126 valence electrons. The second kappa shape index (κ2) is 6.59. The first-order valence-electron chi connectivity index (χ1n) is 8.54. The molecule has 0 radical (unpaired) electrons. The van der Waals surface area contributed by atoms with Crippen LogP contribution in [0.4, 0.5) is 0 Å². The number of carbonyl (C=O) groups excluding carboxylic acids is 1. The third-order valence-corrected chi connectivity index (χ3v) is 4.64. The standard InChI is InChI=1S/C19H24N4O/c1-5-12(2)20-18(24)11-10-15-13(3)21-19-16-8-6-7-9-17(16)22-23(19)14(15)4/h6-9,12H,5,10-11H2,1-4H3,(H,20,24). The molecule has 3 aromatic rings. The van der Waals surface area contributed by atoms with Crippen molar-refractivity contribution in [1.29, 1.82) is 0 Å². The molecule has 24 heavy (non-hydrogen) atoms. The van der Waals surface area contributed by atoms with Gasteiger partial charge in [0.1, 0.15) is 0 Å². The molecule has 0 saturated carbocycles. The molecule has 0 fully saturated rings. The number of hydrogen-bond donors (Lipinski definition) is 1. The highest BCUT2D eigenvalue weighted by Gasteiger charge is 2.15. The zero-order valence-corrected chi connectivity index (χ0v) is 14.8. The Hall–Kier alpha value is -2.43. The van der Waals surface area contributed by atoms with E-state index in [0.717, 1.165) is 39.9 Å². The van der Waals surface area contributed by atoms with Crippen LogP contribution in [0.5, 0.6) is 0 Å². The Morgan fingerprint density at radius 2 is 2.04 bits per heavy atom. The van der Waals surface area contributed by atoms with Crippen LogP contribution in [0.25, 0.3) is 16.6 Å². The summed E-state index contributed by atoms with van der Waals surface area (Å²) in [6, 6.07) is 8.25. The number of hydrogen-bond acceptors (Lipinski definition) is 3. The molecule has 5 nitrogen and oxygen atoms in total. The Morgan fingerprint density at radius 1 is 1.29 bits per heavy atom. The summed E-state index contributed by atoms with van der Waals surface area (Å²) in [5.41, 5.74) is 4.97. The summed E-state index contributed by atoms with van der Waals surface area (Å²) in [6.07, 6.45) is 2.09. The van der Waals surface area contributed by atoms with E-state index in [1.807, 2.05) is 42.6 Å². The molecular weight excluding hydrogens is 300 g/mol. The van der Waals surface area contributed by atoms with Gasteiger partial charge in [0.2, 0.25) is 5.91 Å². The van der Waals surface area contributed by atoms with E-state index < -0.39 is 0 Å². The van der Waals surface area contributed by atoms with Crippen molar-refractivity contribution in [3.05, 3.63) is 41.2 Å². The lowest BCUT2D eigenvalue weighted by Crippen LogP contribution is -2.32. The van der Waals surface area contributed by atoms with E-state index in [1.165, 1.54) is 0 Å². The lowest BCUT2D eigenvalue weighted by molar-refractivity contribution is -0.121. The zero-order chi connectivity index (χ0) is 17.3. The molecule has 1 atom stereocenters. The molecule has 0 bridgehead atoms. The van der Waals surface area contributed by atoms with Crippen molar-refractivity contribution in [2.45, 2.75) is 53.0 Å². The average molecular weight is 324 g/mol. The van der Waals surface area contributed by atoms with Crippen molar-refractivity contribution in [3.8, 4) is 0 Å². The summed E-state index contributed by atoms with van der Waals surface area (Å²) in [5.74, 6) is 0.0915. The van der Waals surface area contributed by atoms with Gasteiger partial charge in [0.05, 0.1) is 5.52 Å². The fraction of sp³-hybridized carbons (Fsp3) is 0.421. The molecule has 1 amide bonds. The molecule has 3 rings (SSSR count). The number of nitrogens with one attached hydrogen (secondary N) is 1. The predicted molar refractivity (Wildman–Crippen MR) is 96.2 cm³/mol. The maximum absolute atomic E-state index is 12.1. The van der Waals surface area contributed by atoms with Crippen LogP contribution in [-0.4, -0.2) is 26.5 Å². The topological polar surface area (TPSA) is 59.3 Å². The highest BCUT2D eigenvalue weighted by atomic mass is 16.1. The summed E-state index contributed by atoms with van der Waals surface area (Å²) in [5, 5.41) is 8.73. The van der Waals surface area contributed by atoms with E-state index in [-0.39, 0.29) is 11.9 Å². The fourth-order valence-corrected chi connectivity index (χ4v) is 3.03. The normalized spacial score (nSPS) is 12.7. The maximum Gasteiger partial charge on any atom is 0.220 e. The molecule has 5 heteroatoms. The molecule has 0 saturated heterocycles. The Kier molecular flexibility index (Phi) is 4.51. The number of carbonyl (C=O) groups is 1. The van der Waals surface area contributed by atoms with E-state index in [0.29, 0.717) is 12.8 Å². The van der Waals surface area contributed by atoms with E-state index in [4.69, 9.17) is 4.98 Å². The lowest BCUT2D eigenvalue weighted by Gasteiger charge is -2.13. The third-order valence-electron chi connectivity index (χ3n) is 4.64. The second-order valence-corrected chi connectivity index (χ2v) is 6.39. The number of aryl methyl sites for hydroxylation is 2. The molecule has 1 aromatic carbocycles. The lowest BCUT2D eigenvalue weighted by atomic mass is 10.1. The first-order chi connectivity index (χ1) is 11.5. The first-order valence-corrected chi connectivity index (χ1v) is 8.54. The van der Waals surface area contributed by atoms with Crippen molar-refractivity contribution < 1.29 is 4.79 Å². The number of fused-ring (bicyclic) bond motifs is 3. The van der Waals surface area contributed by atoms with Crippen LogP contribution in [0.3, 0.4) is 0 Å². The zero-order valence-electron chi connectivity index (χ0n) is 14.8. The van der Waals surface area contributed by atoms with Crippen LogP contribution in [0.1, 0.15) is 43.6 Å². The van der Waals surface area contributed by atoms with Gasteiger partial charge in [0.15, 0.2) is 5.65 Å². The first kappa shape index (κ1) is 16.4. The Bertz CT molecular complexity index is 897. The number of nitrogens with zero attached hydrogens (tertiary/aromatic N) is 3. The molecule has 0 spiro atoms. The quantitative estimate of drug-likeness (QED) is 0.783. The van der Waals surface area contributed by atoms with Crippen LogP contribution in [0.2, 0.25) is 0 Å². The third kappa shape index (κ3) is 2.98. The van der Waals surface area contributed by atoms with Gasteiger partial charge in [-0.3, -0.25) is 4.79 Å². The minimum atomic E-state index is 0.0915. The van der Waals surface area contributed by atoms with Crippen LogP contribution >= 0.6 is 0 Å². The number of amides is 1. The van der Waals surface area contributed by atoms with Crippen LogP contribution in [0.15, 0.2) is 24.3 Å². The second-order valence-electron chi connectivity index (χ2n) is 6.39. The number of rotatable bonds is 5. The number of benzene rings is 1. The van der Waals surface area contributed by atoms with E-state index in [2.05, 4.69) is 24.3 Å². The largest absolute Gasteiger partial charge is 0.354 e. The van der Waals surface area contributed by atoms with Crippen molar-refractivity contribution in [2.24, 2.45) is 0 Å². The summed E-state index contributed by atoms with van der Waals surface area (Å²) in [6.45, 7) is 8.16. The molecule has 1 unspecified atom stereocenters. The van der Waals surface area contributed by atoms with Crippen molar-refractivity contribution in [1.82, 2.24) is 19.9 Å². The molecule has 0 aliphatic rings. The van der Waals surface area contributed by atoms with Gasteiger partial charge in [-0.25, -0.2) is 9.50 Å². The van der Waals surface area contributed by atoms with Gasteiger partial charge in [-0.05, 0) is 51.3 Å². The average Bonchev–Trinajstić information content (AvgIpc) is 2.93. The van der Waals surface area contributed by atoms with Gasteiger partial charge in [-0.1, -0.05) is 19.1 Å². The highest BCUT2D eigenvalue weighted by molar-refractivity contribution is 5.92. The van der Waals surface area contributed by atoms with E-state index in [9.17, 15) is 4.79 Å². The smallest absolute Gasteiger partial charge is 0.220 e. The monoisotopic (exact) mass is 324 g/mol. The minimum Gasteiger partial charge on any atom is -0.354 e. The molecule has 2 heterocycles. The van der Waals surface area contributed by atoms with E-state index >= 15 is 0 Å². The van der Waals surface area contributed by atoms with Crippen LogP contribution in [0, 0.1) is 13.8 Å². The van der Waals surface area contributed by atoms with Gasteiger partial charge in [0, 0.05) is 29.2 Å². The highest BCUT2D eigenvalue weighted by Crippen LogP contribution is 2.22. The summed E-state index contributed by atoms with van der Waals surface area (Å²) in [7, 11) is 0. The molecular formula is C19H24N4O. The van der Waals surface area contributed by atoms with Gasteiger partial charge < -0.3 is 5.32 Å². The van der Waals surface area contributed by atoms with Gasteiger partial charge in [0.25, 0.3) is 0 Å². The minimum absolute atomic E-state index is 0.0915. The predicted octanol–water partition coefficient (Wildman–Crippen LogP) is 3.35. The molecule has 0 aliphatic carbocycles. The van der Waals surface area contributed by atoms with Gasteiger partial charge in [-0.15, -0.1) is 0 Å². The molecule has 0 aliphatic heterocycles. The Balaban J connectivity index is 1.91. The van der Waals surface area contributed by atoms with Crippen molar-refractivity contribution in [2.75, 3.05) is 0 Å². The molecule has 1 N–H and O–H groups in total. The number of aromatic nitrogens is 3. The van der Waals surface area contributed by atoms with Crippen LogP contribution in [-0.2, 0) is 11.2 Å². The fourth-order valence-electron chi connectivity index (χ4n) is 3.03. The van der Waals surface area contributed by atoms with Crippen LogP contribution < -0.4 is 5.32 Å². The maximum atomic E-state index is 12.1. The van der Waals surface area contributed by atoms with Crippen molar-refractivity contribution in [3.63, 3.8) is 0 Å². The Morgan fingerprint density at radius 3 is 2.79 bits per heavy atom. The SMILES string of the molecule is CCC(C)NC(=O)CCc1c(C)nc2c3ccccc3nn2c1C. The van der Waals surface area contributed by atoms with Gasteiger partial charge in [-0.2, -0.15) is 5.10 Å². The summed E-state index contributed by atoms with van der Waals surface area (Å²) < 4.78 is 1.90.